The second-order valence-corrected chi connectivity index (χ2v) is 5.15. The van der Waals surface area contributed by atoms with Gasteiger partial charge in [-0.05, 0) is 12.5 Å². The molecule has 0 atom stereocenters. The zero-order valence-corrected chi connectivity index (χ0v) is 12.7. The van der Waals surface area contributed by atoms with Crippen molar-refractivity contribution >= 4 is 11.8 Å². The third-order valence-corrected chi connectivity index (χ3v) is 3.21. The van der Waals surface area contributed by atoms with Gasteiger partial charge in [-0.1, -0.05) is 44.2 Å². The Kier molecular flexibility index (Phi) is 4.62. The highest BCUT2D eigenvalue weighted by atomic mass is 16.5. The van der Waals surface area contributed by atoms with Crippen molar-refractivity contribution < 1.29 is 9.53 Å². The third kappa shape index (κ3) is 3.24. The minimum absolute atomic E-state index is 0.166. The predicted octanol–water partition coefficient (Wildman–Crippen LogP) is 2.81. The van der Waals surface area contributed by atoms with Crippen LogP contribution in [0.3, 0.4) is 0 Å². The molecular weight excluding hydrogens is 266 g/mol. The van der Waals surface area contributed by atoms with Gasteiger partial charge in [0.15, 0.2) is 5.69 Å². The smallest absolute Gasteiger partial charge is 0.360 e. The summed E-state index contributed by atoms with van der Waals surface area (Å²) in [5.41, 5.74) is 7.44. The number of nitrogen functional groups attached to an aromatic ring is 1. The summed E-state index contributed by atoms with van der Waals surface area (Å²) in [7, 11) is 0. The molecular formula is C16H21N3O2. The van der Waals surface area contributed by atoms with Crippen molar-refractivity contribution in [2.24, 2.45) is 0 Å². The summed E-state index contributed by atoms with van der Waals surface area (Å²) in [6, 6.07) is 9.96. The second kappa shape index (κ2) is 6.43. The Hall–Kier alpha value is -2.30. The number of anilines is 1. The molecule has 2 rings (SSSR count). The summed E-state index contributed by atoms with van der Waals surface area (Å²) < 4.78 is 6.89. The van der Waals surface area contributed by atoms with Gasteiger partial charge < -0.3 is 15.0 Å². The predicted molar refractivity (Wildman–Crippen MR) is 82.2 cm³/mol. The van der Waals surface area contributed by atoms with Crippen LogP contribution in [0.5, 0.6) is 0 Å². The monoisotopic (exact) mass is 287 g/mol. The van der Waals surface area contributed by atoms with E-state index in [2.05, 4.69) is 4.98 Å². The summed E-state index contributed by atoms with van der Waals surface area (Å²) in [4.78, 5) is 16.3. The number of ether oxygens (including phenoxy) is 1. The highest BCUT2D eigenvalue weighted by Gasteiger charge is 2.22. The van der Waals surface area contributed by atoms with Gasteiger partial charge in [0.05, 0.1) is 13.2 Å². The van der Waals surface area contributed by atoms with Crippen LogP contribution >= 0.6 is 0 Å². The van der Waals surface area contributed by atoms with Crippen molar-refractivity contribution in [3.05, 3.63) is 47.4 Å². The molecule has 0 spiro atoms. The SMILES string of the molecule is CCOC(=O)c1nc(C(C)C)n(Cc2ccccc2)c1N. The first-order chi connectivity index (χ1) is 10.0. The standard InChI is InChI=1S/C16H21N3O2/c1-4-21-16(20)13-14(17)19(15(18-13)11(2)3)10-12-8-6-5-7-9-12/h5-9,11H,4,10,17H2,1-3H3. The summed E-state index contributed by atoms with van der Waals surface area (Å²) in [6.07, 6.45) is 0. The fourth-order valence-corrected chi connectivity index (χ4v) is 2.21. The molecule has 1 aromatic carbocycles. The molecule has 1 aromatic heterocycles. The van der Waals surface area contributed by atoms with Gasteiger partial charge in [-0.25, -0.2) is 9.78 Å². The van der Waals surface area contributed by atoms with Crippen molar-refractivity contribution in [2.75, 3.05) is 12.3 Å². The molecule has 5 nitrogen and oxygen atoms in total. The molecule has 0 unspecified atom stereocenters. The number of esters is 1. The molecule has 0 bridgehead atoms. The van der Waals surface area contributed by atoms with Crippen LogP contribution in [0.25, 0.3) is 0 Å². The van der Waals surface area contributed by atoms with Gasteiger partial charge in [-0.2, -0.15) is 0 Å². The number of benzene rings is 1. The molecule has 2 aromatic rings. The molecule has 1 heterocycles. The lowest BCUT2D eigenvalue weighted by atomic mass is 10.2. The van der Waals surface area contributed by atoms with Crippen LogP contribution in [0.15, 0.2) is 30.3 Å². The first-order valence-corrected chi connectivity index (χ1v) is 7.11. The Morgan fingerprint density at radius 2 is 2.00 bits per heavy atom. The molecule has 0 saturated carbocycles. The molecule has 112 valence electrons. The van der Waals surface area contributed by atoms with E-state index in [0.29, 0.717) is 19.0 Å². The van der Waals surface area contributed by atoms with Gasteiger partial charge in [-0.3, -0.25) is 0 Å². The summed E-state index contributed by atoms with van der Waals surface area (Å²) in [5.74, 6) is 0.850. The topological polar surface area (TPSA) is 70.1 Å². The molecule has 0 aliphatic carbocycles. The molecule has 0 saturated heterocycles. The molecule has 0 fully saturated rings. The molecule has 0 aliphatic heterocycles. The van der Waals surface area contributed by atoms with E-state index in [4.69, 9.17) is 10.5 Å². The highest BCUT2D eigenvalue weighted by Crippen LogP contribution is 2.23. The molecule has 5 heteroatoms. The normalized spacial score (nSPS) is 10.9. The van der Waals surface area contributed by atoms with Gasteiger partial charge >= 0.3 is 5.97 Å². The van der Waals surface area contributed by atoms with Gasteiger partial charge in [0.1, 0.15) is 11.6 Å². The van der Waals surface area contributed by atoms with Crippen molar-refractivity contribution in [3.8, 4) is 0 Å². The first-order valence-electron chi connectivity index (χ1n) is 7.11. The maximum atomic E-state index is 11.9. The summed E-state index contributed by atoms with van der Waals surface area (Å²) in [5, 5.41) is 0. The third-order valence-electron chi connectivity index (χ3n) is 3.21. The van der Waals surface area contributed by atoms with E-state index in [1.165, 1.54) is 0 Å². The molecule has 21 heavy (non-hydrogen) atoms. The van der Waals surface area contributed by atoms with E-state index in [1.807, 2.05) is 48.7 Å². The highest BCUT2D eigenvalue weighted by molar-refractivity contribution is 5.92. The molecule has 2 N–H and O–H groups in total. The van der Waals surface area contributed by atoms with Crippen molar-refractivity contribution in [3.63, 3.8) is 0 Å². The Morgan fingerprint density at radius 3 is 2.57 bits per heavy atom. The minimum atomic E-state index is -0.469. The van der Waals surface area contributed by atoms with Crippen molar-refractivity contribution in [2.45, 2.75) is 33.2 Å². The van der Waals surface area contributed by atoms with Crippen LogP contribution in [0.4, 0.5) is 5.82 Å². The van der Waals surface area contributed by atoms with Gasteiger partial charge in [0.25, 0.3) is 0 Å². The van der Waals surface area contributed by atoms with Crippen LogP contribution in [-0.2, 0) is 11.3 Å². The van der Waals surface area contributed by atoms with Crippen LogP contribution in [-0.4, -0.2) is 22.1 Å². The fourth-order valence-electron chi connectivity index (χ4n) is 2.21. The van der Waals surface area contributed by atoms with Crippen LogP contribution in [0, 0.1) is 0 Å². The van der Waals surface area contributed by atoms with Crippen LogP contribution < -0.4 is 5.73 Å². The molecule has 0 radical (unpaired) electrons. The van der Waals surface area contributed by atoms with E-state index in [1.54, 1.807) is 6.92 Å². The van der Waals surface area contributed by atoms with Gasteiger partial charge in [-0.15, -0.1) is 0 Å². The number of imidazole rings is 1. The summed E-state index contributed by atoms with van der Waals surface area (Å²) in [6.45, 7) is 6.71. The Bertz CT molecular complexity index is 618. The van der Waals surface area contributed by atoms with Crippen LogP contribution in [0.2, 0.25) is 0 Å². The van der Waals surface area contributed by atoms with Gasteiger partial charge in [0.2, 0.25) is 0 Å². The number of nitrogens with zero attached hydrogens (tertiary/aromatic N) is 2. The zero-order valence-electron chi connectivity index (χ0n) is 12.7. The summed E-state index contributed by atoms with van der Waals surface area (Å²) >= 11 is 0. The number of hydrogen-bond acceptors (Lipinski definition) is 4. The lowest BCUT2D eigenvalue weighted by Crippen LogP contribution is -2.11. The number of hydrogen-bond donors (Lipinski definition) is 1. The van der Waals surface area contributed by atoms with Crippen LogP contribution in [0.1, 0.15) is 48.6 Å². The lowest BCUT2D eigenvalue weighted by Gasteiger charge is -2.12. The van der Waals surface area contributed by atoms with E-state index < -0.39 is 5.97 Å². The quantitative estimate of drug-likeness (QED) is 0.858. The average molecular weight is 287 g/mol. The zero-order chi connectivity index (χ0) is 15.4. The van der Waals surface area contributed by atoms with Crippen molar-refractivity contribution in [1.82, 2.24) is 9.55 Å². The maximum Gasteiger partial charge on any atom is 0.360 e. The Labute approximate surface area is 124 Å². The van der Waals surface area contributed by atoms with Gasteiger partial charge in [0, 0.05) is 5.92 Å². The number of rotatable bonds is 5. The van der Waals surface area contributed by atoms with Crippen molar-refractivity contribution in [1.29, 1.82) is 0 Å². The number of carbonyl (C=O) groups is 1. The maximum absolute atomic E-state index is 11.9. The average Bonchev–Trinajstić information content (AvgIpc) is 2.78. The fraction of sp³-hybridized carbons (Fsp3) is 0.375. The first kappa shape index (κ1) is 15.1. The molecule has 0 amide bonds. The lowest BCUT2D eigenvalue weighted by molar-refractivity contribution is 0.0521. The largest absolute Gasteiger partial charge is 0.461 e. The van der Waals surface area contributed by atoms with E-state index >= 15 is 0 Å². The van der Waals surface area contributed by atoms with E-state index in [0.717, 1.165) is 11.4 Å². The van der Waals surface area contributed by atoms with E-state index in [-0.39, 0.29) is 11.6 Å². The number of carbonyl (C=O) groups excluding carboxylic acids is 1. The number of nitrogens with two attached hydrogens (primary N) is 1. The second-order valence-electron chi connectivity index (χ2n) is 5.15. The Balaban J connectivity index is 2.41. The minimum Gasteiger partial charge on any atom is -0.461 e. The molecule has 0 aliphatic rings. The van der Waals surface area contributed by atoms with E-state index in [9.17, 15) is 4.79 Å². The number of aromatic nitrogens is 2. The Morgan fingerprint density at radius 1 is 1.33 bits per heavy atom.